The van der Waals surface area contributed by atoms with Gasteiger partial charge in [-0.25, -0.2) is 9.07 Å². The molecule has 14 heteroatoms. The second-order valence-corrected chi connectivity index (χ2v) is 8.09. The van der Waals surface area contributed by atoms with Crippen LogP contribution in [0.2, 0.25) is 0 Å². The Morgan fingerprint density at radius 3 is 2.62 bits per heavy atom. The van der Waals surface area contributed by atoms with Crippen molar-refractivity contribution in [3.05, 3.63) is 59.0 Å². The number of ether oxygens (including phenoxy) is 1. The number of fused-ring (bicyclic) bond motifs is 1. The predicted molar refractivity (Wildman–Crippen MR) is 125 cm³/mol. The van der Waals surface area contributed by atoms with Crippen LogP contribution in [0.25, 0.3) is 22.2 Å². The number of hydrogen-bond acceptors (Lipinski definition) is 6. The highest BCUT2D eigenvalue weighted by molar-refractivity contribution is 6.07. The fourth-order valence-electron chi connectivity index (χ4n) is 3.88. The zero-order valence-corrected chi connectivity index (χ0v) is 19.5. The third kappa shape index (κ3) is 4.64. The first kappa shape index (κ1) is 25.5. The maximum absolute atomic E-state index is 13.7. The molecule has 4 rings (SSSR count). The Morgan fingerprint density at radius 1 is 1.24 bits per heavy atom. The van der Waals surface area contributed by atoms with E-state index in [4.69, 9.17) is 16.2 Å². The summed E-state index contributed by atoms with van der Waals surface area (Å²) in [4.78, 5) is 24.8. The lowest BCUT2D eigenvalue weighted by Crippen LogP contribution is -2.26. The van der Waals surface area contributed by atoms with Gasteiger partial charge in [0, 0.05) is 17.5 Å². The lowest BCUT2D eigenvalue weighted by Gasteiger charge is -2.17. The summed E-state index contributed by atoms with van der Waals surface area (Å²) in [5, 5.41) is 13.8. The number of carbonyl (C=O) groups excluding carboxylic acids is 2. The maximum Gasteiger partial charge on any atom is 0.410 e. The van der Waals surface area contributed by atoms with Crippen LogP contribution in [0.3, 0.4) is 0 Å². The summed E-state index contributed by atoms with van der Waals surface area (Å²) in [6.07, 6.45) is -3.24. The van der Waals surface area contributed by atoms with E-state index in [9.17, 15) is 27.2 Å². The van der Waals surface area contributed by atoms with E-state index >= 15 is 0 Å². The molecule has 37 heavy (non-hydrogen) atoms. The van der Waals surface area contributed by atoms with Gasteiger partial charge in [-0.3, -0.25) is 14.7 Å². The molecule has 194 valence electrons. The molecule has 10 nitrogen and oxygen atoms in total. The number of nitrogens with zero attached hydrogens (tertiary/aromatic N) is 3. The summed E-state index contributed by atoms with van der Waals surface area (Å²) < 4.78 is 59.3. The van der Waals surface area contributed by atoms with Gasteiger partial charge in [0.25, 0.3) is 11.8 Å². The highest BCUT2D eigenvalue weighted by atomic mass is 19.4. The molecule has 0 saturated carbocycles. The molecule has 0 aliphatic heterocycles. The minimum Gasteiger partial charge on any atom is -0.496 e. The van der Waals surface area contributed by atoms with Crippen LogP contribution >= 0.6 is 0 Å². The van der Waals surface area contributed by atoms with Crippen molar-refractivity contribution in [1.29, 1.82) is 0 Å². The molecule has 2 aromatic carbocycles. The predicted octanol–water partition coefficient (Wildman–Crippen LogP) is 3.31. The molecule has 0 spiro atoms. The molecular formula is C23H21F4N7O3. The van der Waals surface area contributed by atoms with Crippen LogP contribution in [0.4, 0.5) is 23.4 Å². The van der Waals surface area contributed by atoms with Gasteiger partial charge in [-0.05, 0) is 30.7 Å². The maximum atomic E-state index is 13.7. The smallest absolute Gasteiger partial charge is 0.410 e. The van der Waals surface area contributed by atoms with Crippen LogP contribution in [0, 0.1) is 5.82 Å². The second-order valence-electron chi connectivity index (χ2n) is 8.09. The van der Waals surface area contributed by atoms with E-state index in [0.29, 0.717) is 21.1 Å². The Kier molecular flexibility index (Phi) is 6.50. The van der Waals surface area contributed by atoms with Gasteiger partial charge in [-0.2, -0.15) is 23.4 Å². The number of nitrogen functional groups attached to an aromatic ring is 1. The lowest BCUT2D eigenvalue weighted by atomic mass is 10.0. The molecule has 0 saturated heterocycles. The van der Waals surface area contributed by atoms with Gasteiger partial charge in [-0.15, -0.1) is 0 Å². The van der Waals surface area contributed by atoms with Crippen LogP contribution in [-0.2, 0) is 6.54 Å². The fraction of sp³-hybridized carbons (Fsp3) is 0.217. The van der Waals surface area contributed by atoms with Crippen LogP contribution < -0.4 is 21.5 Å². The summed E-state index contributed by atoms with van der Waals surface area (Å²) >= 11 is 0. The van der Waals surface area contributed by atoms with Crippen molar-refractivity contribution in [2.24, 2.45) is 5.73 Å². The first-order valence-corrected chi connectivity index (χ1v) is 10.8. The molecule has 1 unspecified atom stereocenters. The molecular weight excluding hydrogens is 498 g/mol. The molecule has 0 bridgehead atoms. The number of nitrogens with two attached hydrogens (primary N) is 2. The minimum atomic E-state index is -4.68. The number of methoxy groups -OCH3 is 1. The number of anilines is 1. The van der Waals surface area contributed by atoms with Crippen LogP contribution in [0.15, 0.2) is 36.5 Å². The van der Waals surface area contributed by atoms with Gasteiger partial charge in [0.2, 0.25) is 0 Å². The number of aromatic amines is 1. The highest BCUT2D eigenvalue weighted by Crippen LogP contribution is 2.37. The number of alkyl halides is 3. The van der Waals surface area contributed by atoms with Crippen molar-refractivity contribution in [3.63, 3.8) is 0 Å². The van der Waals surface area contributed by atoms with E-state index in [-0.39, 0.29) is 34.7 Å². The second kappa shape index (κ2) is 9.44. The van der Waals surface area contributed by atoms with E-state index in [1.54, 1.807) is 6.07 Å². The third-order valence-corrected chi connectivity index (χ3v) is 5.84. The van der Waals surface area contributed by atoms with Crippen molar-refractivity contribution in [1.82, 2.24) is 25.3 Å². The van der Waals surface area contributed by atoms with Crippen molar-refractivity contribution in [2.45, 2.75) is 25.7 Å². The first-order valence-electron chi connectivity index (χ1n) is 10.8. The SMILES string of the molecule is COc1ccc(F)cc1C(=O)NCc1ccc(-c2nn(C(C)C(F)(F)F)c(N)c2C(N)=O)c2[nH]ncc12. The standard InChI is InChI=1S/C23H21F4N7O3/c1-10(23(25,26)27)34-20(28)17(21(29)35)19(33-34)13-5-3-11(15-9-31-32-18(13)15)8-30-22(36)14-7-12(24)4-6-16(14)37-2/h3-7,9-10H,8,28H2,1-2H3,(H2,29,35)(H,30,36)(H,31,32). The molecule has 0 aliphatic carbocycles. The lowest BCUT2D eigenvalue weighted by molar-refractivity contribution is -0.164. The topological polar surface area (TPSA) is 154 Å². The largest absolute Gasteiger partial charge is 0.496 e. The Balaban J connectivity index is 1.72. The number of primary amides is 1. The number of benzene rings is 2. The number of nitrogens with one attached hydrogen (secondary N) is 2. The molecule has 2 amide bonds. The number of amides is 2. The molecule has 0 aliphatic rings. The van der Waals surface area contributed by atoms with E-state index in [1.165, 1.54) is 25.4 Å². The quantitative estimate of drug-likeness (QED) is 0.275. The number of carbonyl (C=O) groups is 2. The van der Waals surface area contributed by atoms with E-state index in [2.05, 4.69) is 20.6 Å². The monoisotopic (exact) mass is 519 g/mol. The van der Waals surface area contributed by atoms with Gasteiger partial charge >= 0.3 is 6.18 Å². The molecule has 2 aromatic heterocycles. The average molecular weight is 519 g/mol. The van der Waals surface area contributed by atoms with E-state index < -0.39 is 35.7 Å². The first-order chi connectivity index (χ1) is 17.4. The highest BCUT2D eigenvalue weighted by Gasteiger charge is 2.40. The Labute approximate surface area is 206 Å². The van der Waals surface area contributed by atoms with Crippen molar-refractivity contribution in [3.8, 4) is 17.0 Å². The van der Waals surface area contributed by atoms with E-state index in [0.717, 1.165) is 19.1 Å². The molecule has 0 fully saturated rings. The van der Waals surface area contributed by atoms with Crippen LogP contribution in [0.1, 0.15) is 39.2 Å². The molecule has 0 radical (unpaired) electrons. The zero-order valence-electron chi connectivity index (χ0n) is 19.5. The van der Waals surface area contributed by atoms with E-state index in [1.807, 2.05) is 0 Å². The summed E-state index contributed by atoms with van der Waals surface area (Å²) in [7, 11) is 1.35. The number of halogens is 4. The normalized spacial score (nSPS) is 12.5. The number of aromatic nitrogens is 4. The van der Waals surface area contributed by atoms with Gasteiger partial charge in [-0.1, -0.05) is 12.1 Å². The Bertz CT molecular complexity index is 1510. The molecule has 2 heterocycles. The summed E-state index contributed by atoms with van der Waals surface area (Å²) in [5.74, 6) is -2.61. The van der Waals surface area contributed by atoms with Gasteiger partial charge in [0.1, 0.15) is 34.7 Å². The summed E-state index contributed by atoms with van der Waals surface area (Å²) in [5.41, 5.74) is 11.9. The third-order valence-electron chi connectivity index (χ3n) is 5.84. The molecule has 6 N–H and O–H groups in total. The van der Waals surface area contributed by atoms with Crippen molar-refractivity contribution < 1.29 is 31.9 Å². The Hall–Kier alpha value is -4.62. The minimum absolute atomic E-state index is 0.00606. The summed E-state index contributed by atoms with van der Waals surface area (Å²) in [6.45, 7) is 0.836. The Morgan fingerprint density at radius 2 is 1.97 bits per heavy atom. The van der Waals surface area contributed by atoms with Gasteiger partial charge < -0.3 is 21.5 Å². The zero-order chi connectivity index (χ0) is 27.1. The fourth-order valence-corrected chi connectivity index (χ4v) is 3.88. The summed E-state index contributed by atoms with van der Waals surface area (Å²) in [6, 6.07) is 4.47. The van der Waals surface area contributed by atoms with Crippen LogP contribution in [-0.4, -0.2) is 45.1 Å². The molecule has 1 atom stereocenters. The molecule has 4 aromatic rings. The average Bonchev–Trinajstić information content (AvgIpc) is 3.46. The number of hydrogen-bond donors (Lipinski definition) is 4. The number of H-pyrrole nitrogens is 1. The van der Waals surface area contributed by atoms with Crippen molar-refractivity contribution in [2.75, 3.05) is 12.8 Å². The van der Waals surface area contributed by atoms with Crippen molar-refractivity contribution >= 4 is 28.5 Å². The van der Waals surface area contributed by atoms with Crippen LogP contribution in [0.5, 0.6) is 5.75 Å². The number of rotatable bonds is 7. The van der Waals surface area contributed by atoms with Gasteiger partial charge in [0.15, 0.2) is 0 Å². The van der Waals surface area contributed by atoms with Gasteiger partial charge in [0.05, 0.1) is 24.4 Å².